The van der Waals surface area contributed by atoms with Gasteiger partial charge in [-0.1, -0.05) is 36.8 Å². The van der Waals surface area contributed by atoms with Gasteiger partial charge in [0.15, 0.2) is 5.76 Å². The van der Waals surface area contributed by atoms with E-state index in [4.69, 9.17) is 8.83 Å². The molecule has 0 aliphatic carbocycles. The molecule has 1 amide bonds. The summed E-state index contributed by atoms with van der Waals surface area (Å²) < 4.78 is 10.9. The standard InChI is InChI=1S/C20H24N4O3/c1-3-10-24(13-18(25)21-12-16-8-6-15(2)7-9-16)14-19-22-23-20(27-19)17-5-4-11-26-17/h4-9,11H,3,10,12-14H2,1-2H3,(H,21,25). The van der Waals surface area contributed by atoms with E-state index in [0.717, 1.165) is 18.5 Å². The summed E-state index contributed by atoms with van der Waals surface area (Å²) >= 11 is 0. The Kier molecular flexibility index (Phi) is 6.38. The van der Waals surface area contributed by atoms with Crippen LogP contribution in [0.4, 0.5) is 0 Å². The van der Waals surface area contributed by atoms with Gasteiger partial charge in [-0.15, -0.1) is 10.2 Å². The van der Waals surface area contributed by atoms with Gasteiger partial charge in [0.2, 0.25) is 11.8 Å². The Hall–Kier alpha value is -2.93. The first-order valence-corrected chi connectivity index (χ1v) is 9.05. The van der Waals surface area contributed by atoms with Crippen molar-refractivity contribution in [3.8, 4) is 11.7 Å². The third-order valence-electron chi connectivity index (χ3n) is 4.08. The molecule has 0 fully saturated rings. The van der Waals surface area contributed by atoms with Gasteiger partial charge >= 0.3 is 0 Å². The number of hydrogen-bond acceptors (Lipinski definition) is 6. The molecule has 7 heteroatoms. The van der Waals surface area contributed by atoms with Gasteiger partial charge in [0.05, 0.1) is 19.4 Å². The molecule has 0 aliphatic rings. The normalized spacial score (nSPS) is 11.1. The molecule has 27 heavy (non-hydrogen) atoms. The van der Waals surface area contributed by atoms with E-state index in [1.807, 2.05) is 36.1 Å². The molecule has 0 aliphatic heterocycles. The van der Waals surface area contributed by atoms with Gasteiger partial charge in [0.1, 0.15) is 0 Å². The zero-order valence-corrected chi connectivity index (χ0v) is 15.6. The number of nitrogens with zero attached hydrogens (tertiary/aromatic N) is 3. The van der Waals surface area contributed by atoms with Gasteiger partial charge in [-0.25, -0.2) is 0 Å². The number of carbonyl (C=O) groups is 1. The molecule has 0 atom stereocenters. The summed E-state index contributed by atoms with van der Waals surface area (Å²) in [6.45, 7) is 6.08. The predicted octanol–water partition coefficient (Wildman–Crippen LogP) is 3.17. The van der Waals surface area contributed by atoms with Gasteiger partial charge in [-0.3, -0.25) is 9.69 Å². The molecule has 0 saturated carbocycles. The minimum absolute atomic E-state index is 0.0326. The number of furan rings is 1. The molecular formula is C20H24N4O3. The van der Waals surface area contributed by atoms with Crippen LogP contribution >= 0.6 is 0 Å². The van der Waals surface area contributed by atoms with Crippen molar-refractivity contribution in [2.75, 3.05) is 13.1 Å². The van der Waals surface area contributed by atoms with E-state index < -0.39 is 0 Å². The Labute approximate surface area is 158 Å². The van der Waals surface area contributed by atoms with Crippen LogP contribution in [-0.4, -0.2) is 34.1 Å². The number of amides is 1. The van der Waals surface area contributed by atoms with E-state index in [0.29, 0.717) is 30.6 Å². The van der Waals surface area contributed by atoms with Gasteiger partial charge in [0.25, 0.3) is 5.89 Å². The first-order chi connectivity index (χ1) is 13.1. The fourth-order valence-electron chi connectivity index (χ4n) is 2.70. The van der Waals surface area contributed by atoms with E-state index in [1.165, 1.54) is 5.56 Å². The highest BCUT2D eigenvalue weighted by Crippen LogP contribution is 2.18. The molecule has 0 bridgehead atoms. The third-order valence-corrected chi connectivity index (χ3v) is 4.08. The molecule has 2 heterocycles. The molecule has 3 rings (SSSR count). The molecule has 2 aromatic heterocycles. The second-order valence-electron chi connectivity index (χ2n) is 6.45. The summed E-state index contributed by atoms with van der Waals surface area (Å²) in [5, 5.41) is 11.0. The van der Waals surface area contributed by atoms with Crippen LogP contribution in [0.3, 0.4) is 0 Å². The summed E-state index contributed by atoms with van der Waals surface area (Å²) in [7, 11) is 0. The Bertz CT molecular complexity index is 841. The van der Waals surface area contributed by atoms with Crippen molar-refractivity contribution in [2.45, 2.75) is 33.4 Å². The van der Waals surface area contributed by atoms with Crippen molar-refractivity contribution in [1.29, 1.82) is 0 Å². The summed E-state index contributed by atoms with van der Waals surface area (Å²) in [6, 6.07) is 11.6. The monoisotopic (exact) mass is 368 g/mol. The Morgan fingerprint density at radius 1 is 1.19 bits per heavy atom. The van der Waals surface area contributed by atoms with Gasteiger partial charge in [-0.2, -0.15) is 0 Å². The highest BCUT2D eigenvalue weighted by atomic mass is 16.4. The van der Waals surface area contributed by atoms with Crippen LogP contribution in [-0.2, 0) is 17.9 Å². The number of carbonyl (C=O) groups excluding carboxylic acids is 1. The summed E-state index contributed by atoms with van der Waals surface area (Å²) in [5.74, 6) is 1.30. The number of nitrogens with one attached hydrogen (secondary N) is 1. The Morgan fingerprint density at radius 3 is 2.70 bits per heavy atom. The van der Waals surface area contributed by atoms with E-state index in [2.05, 4.69) is 22.4 Å². The first kappa shape index (κ1) is 18.8. The van der Waals surface area contributed by atoms with E-state index >= 15 is 0 Å². The van der Waals surface area contributed by atoms with Crippen LogP contribution in [0.5, 0.6) is 0 Å². The number of aryl methyl sites for hydroxylation is 1. The fraction of sp³-hybridized carbons (Fsp3) is 0.350. The number of benzene rings is 1. The summed E-state index contributed by atoms with van der Waals surface area (Å²) in [6.07, 6.45) is 2.48. The van der Waals surface area contributed by atoms with Crippen LogP contribution in [0.2, 0.25) is 0 Å². The number of aromatic nitrogens is 2. The summed E-state index contributed by atoms with van der Waals surface area (Å²) in [4.78, 5) is 14.3. The molecule has 0 unspecified atom stereocenters. The minimum Gasteiger partial charge on any atom is -0.459 e. The molecule has 0 saturated heterocycles. The molecule has 1 N–H and O–H groups in total. The molecule has 0 spiro atoms. The SMILES string of the molecule is CCCN(CC(=O)NCc1ccc(C)cc1)Cc1nnc(-c2ccco2)o1. The molecular weight excluding hydrogens is 344 g/mol. The Balaban J connectivity index is 1.53. The van der Waals surface area contributed by atoms with Crippen LogP contribution in [0.15, 0.2) is 51.5 Å². The van der Waals surface area contributed by atoms with Crippen molar-refractivity contribution in [3.63, 3.8) is 0 Å². The van der Waals surface area contributed by atoms with Crippen LogP contribution in [0, 0.1) is 6.92 Å². The van der Waals surface area contributed by atoms with E-state index in [-0.39, 0.29) is 12.5 Å². The van der Waals surface area contributed by atoms with E-state index in [1.54, 1.807) is 18.4 Å². The lowest BCUT2D eigenvalue weighted by atomic mass is 10.1. The average molecular weight is 368 g/mol. The fourth-order valence-corrected chi connectivity index (χ4v) is 2.70. The largest absolute Gasteiger partial charge is 0.459 e. The van der Waals surface area contributed by atoms with Gasteiger partial charge in [-0.05, 0) is 37.6 Å². The first-order valence-electron chi connectivity index (χ1n) is 9.05. The van der Waals surface area contributed by atoms with E-state index in [9.17, 15) is 4.79 Å². The second kappa shape index (κ2) is 9.14. The van der Waals surface area contributed by atoms with Crippen LogP contribution < -0.4 is 5.32 Å². The smallest absolute Gasteiger partial charge is 0.283 e. The maximum absolute atomic E-state index is 12.3. The minimum atomic E-state index is -0.0326. The number of hydrogen-bond donors (Lipinski definition) is 1. The molecule has 0 radical (unpaired) electrons. The lowest BCUT2D eigenvalue weighted by Gasteiger charge is -2.19. The van der Waals surface area contributed by atoms with Crippen molar-refractivity contribution in [2.24, 2.45) is 0 Å². The van der Waals surface area contributed by atoms with Crippen molar-refractivity contribution in [1.82, 2.24) is 20.4 Å². The quantitative estimate of drug-likeness (QED) is 0.624. The lowest BCUT2D eigenvalue weighted by molar-refractivity contribution is -0.122. The lowest BCUT2D eigenvalue weighted by Crippen LogP contribution is -2.37. The highest BCUT2D eigenvalue weighted by molar-refractivity contribution is 5.78. The topological polar surface area (TPSA) is 84.4 Å². The average Bonchev–Trinajstić information content (AvgIpc) is 3.33. The van der Waals surface area contributed by atoms with Crippen molar-refractivity contribution >= 4 is 5.91 Å². The van der Waals surface area contributed by atoms with Crippen LogP contribution in [0.1, 0.15) is 30.4 Å². The zero-order chi connectivity index (χ0) is 19.1. The summed E-state index contributed by atoms with van der Waals surface area (Å²) in [5.41, 5.74) is 2.28. The van der Waals surface area contributed by atoms with Gasteiger partial charge in [0, 0.05) is 6.54 Å². The molecule has 1 aromatic carbocycles. The second-order valence-corrected chi connectivity index (χ2v) is 6.45. The maximum Gasteiger partial charge on any atom is 0.283 e. The third kappa shape index (κ3) is 5.52. The maximum atomic E-state index is 12.3. The van der Waals surface area contributed by atoms with Crippen molar-refractivity contribution in [3.05, 3.63) is 59.7 Å². The Morgan fingerprint density at radius 2 is 2.00 bits per heavy atom. The van der Waals surface area contributed by atoms with Gasteiger partial charge < -0.3 is 14.2 Å². The zero-order valence-electron chi connectivity index (χ0n) is 15.6. The molecule has 3 aromatic rings. The predicted molar refractivity (Wildman–Crippen MR) is 101 cm³/mol. The highest BCUT2D eigenvalue weighted by Gasteiger charge is 2.16. The van der Waals surface area contributed by atoms with Crippen molar-refractivity contribution < 1.29 is 13.6 Å². The molecule has 7 nitrogen and oxygen atoms in total. The number of rotatable bonds is 9. The molecule has 142 valence electrons. The van der Waals surface area contributed by atoms with Crippen LogP contribution in [0.25, 0.3) is 11.7 Å².